The third-order valence-electron chi connectivity index (χ3n) is 4.04. The van der Waals surface area contributed by atoms with Gasteiger partial charge in [-0.2, -0.15) is 0 Å². The van der Waals surface area contributed by atoms with Crippen molar-refractivity contribution in [1.82, 2.24) is 0 Å². The SMILES string of the molecule is CCOC(=O)C(C(=O)C1(c2ccccc2)CC1)C(C)C. The normalized spacial score (nSPS) is 17.6. The molecule has 1 atom stereocenters. The highest BCUT2D eigenvalue weighted by molar-refractivity contribution is 6.06. The summed E-state index contributed by atoms with van der Waals surface area (Å²) in [4.78, 5) is 25.0. The number of carbonyl (C=O) groups excluding carboxylic acids is 2. The molecule has 1 aliphatic carbocycles. The van der Waals surface area contributed by atoms with Crippen molar-refractivity contribution in [3.63, 3.8) is 0 Å². The van der Waals surface area contributed by atoms with Crippen LogP contribution in [0.3, 0.4) is 0 Å². The van der Waals surface area contributed by atoms with Gasteiger partial charge < -0.3 is 4.74 Å². The molecule has 0 N–H and O–H groups in total. The zero-order chi connectivity index (χ0) is 14.8. The van der Waals surface area contributed by atoms with Gasteiger partial charge in [-0.25, -0.2) is 0 Å². The number of esters is 1. The van der Waals surface area contributed by atoms with Gasteiger partial charge in [0.15, 0.2) is 5.78 Å². The fourth-order valence-corrected chi connectivity index (χ4v) is 2.77. The van der Waals surface area contributed by atoms with Gasteiger partial charge in [0.05, 0.1) is 12.0 Å². The van der Waals surface area contributed by atoms with Gasteiger partial charge in [0.1, 0.15) is 5.92 Å². The van der Waals surface area contributed by atoms with Crippen molar-refractivity contribution < 1.29 is 14.3 Å². The third kappa shape index (κ3) is 2.62. The van der Waals surface area contributed by atoms with Gasteiger partial charge in [0.2, 0.25) is 0 Å². The van der Waals surface area contributed by atoms with Crippen LogP contribution in [0.2, 0.25) is 0 Å². The molecule has 1 unspecified atom stereocenters. The van der Waals surface area contributed by atoms with Gasteiger partial charge in [-0.15, -0.1) is 0 Å². The second-order valence-electron chi connectivity index (χ2n) is 5.79. The molecule has 0 radical (unpaired) electrons. The maximum Gasteiger partial charge on any atom is 0.316 e. The van der Waals surface area contributed by atoms with Gasteiger partial charge in [-0.1, -0.05) is 44.2 Å². The summed E-state index contributed by atoms with van der Waals surface area (Å²) in [5.41, 5.74) is 0.572. The van der Waals surface area contributed by atoms with Crippen molar-refractivity contribution in [2.45, 2.75) is 39.0 Å². The summed E-state index contributed by atoms with van der Waals surface area (Å²) in [5.74, 6) is -1.05. The van der Waals surface area contributed by atoms with Crippen molar-refractivity contribution in [1.29, 1.82) is 0 Å². The second-order valence-corrected chi connectivity index (χ2v) is 5.79. The number of ketones is 1. The molecule has 0 aliphatic heterocycles. The van der Waals surface area contributed by atoms with Crippen LogP contribution in [0.1, 0.15) is 39.2 Å². The predicted octanol–water partition coefficient (Wildman–Crippen LogP) is 3.12. The summed E-state index contributed by atoms with van der Waals surface area (Å²) in [7, 11) is 0. The Morgan fingerprint density at radius 2 is 1.80 bits per heavy atom. The lowest BCUT2D eigenvalue weighted by atomic mass is 9.79. The average Bonchev–Trinajstić information content (AvgIpc) is 3.21. The lowest BCUT2D eigenvalue weighted by Gasteiger charge is -2.23. The van der Waals surface area contributed by atoms with Crippen LogP contribution in [0.25, 0.3) is 0 Å². The summed E-state index contributed by atoms with van der Waals surface area (Å²) in [6.45, 7) is 5.89. The Kier molecular flexibility index (Phi) is 4.26. The molecular formula is C17H22O3. The number of benzene rings is 1. The lowest BCUT2D eigenvalue weighted by molar-refractivity contribution is -0.154. The monoisotopic (exact) mass is 274 g/mol. The molecule has 1 aliphatic rings. The topological polar surface area (TPSA) is 43.4 Å². The molecule has 1 fully saturated rings. The van der Waals surface area contributed by atoms with Crippen LogP contribution in [-0.4, -0.2) is 18.4 Å². The summed E-state index contributed by atoms with van der Waals surface area (Å²) in [6, 6.07) is 9.78. The van der Waals surface area contributed by atoms with Crippen molar-refractivity contribution in [2.75, 3.05) is 6.61 Å². The van der Waals surface area contributed by atoms with Crippen molar-refractivity contribution in [3.8, 4) is 0 Å². The number of carbonyl (C=O) groups is 2. The van der Waals surface area contributed by atoms with E-state index in [0.717, 1.165) is 18.4 Å². The molecule has 0 bridgehead atoms. The minimum absolute atomic E-state index is 0.0251. The lowest BCUT2D eigenvalue weighted by Crippen LogP contribution is -2.37. The first-order valence-corrected chi connectivity index (χ1v) is 7.29. The highest BCUT2D eigenvalue weighted by Gasteiger charge is 2.55. The Balaban J connectivity index is 2.27. The zero-order valence-electron chi connectivity index (χ0n) is 12.4. The maximum absolute atomic E-state index is 12.9. The van der Waals surface area contributed by atoms with E-state index in [0.29, 0.717) is 6.61 Å². The van der Waals surface area contributed by atoms with E-state index in [9.17, 15) is 9.59 Å². The van der Waals surface area contributed by atoms with E-state index in [-0.39, 0.29) is 17.7 Å². The first kappa shape index (κ1) is 14.8. The predicted molar refractivity (Wildman–Crippen MR) is 77.3 cm³/mol. The van der Waals surface area contributed by atoms with Gasteiger partial charge in [-0.3, -0.25) is 9.59 Å². The van der Waals surface area contributed by atoms with Gasteiger partial charge in [0, 0.05) is 0 Å². The van der Waals surface area contributed by atoms with E-state index in [1.54, 1.807) is 6.92 Å². The third-order valence-corrected chi connectivity index (χ3v) is 4.04. The van der Waals surface area contributed by atoms with E-state index in [1.807, 2.05) is 44.2 Å². The van der Waals surface area contributed by atoms with Crippen LogP contribution >= 0.6 is 0 Å². The van der Waals surface area contributed by atoms with E-state index in [2.05, 4.69) is 0 Å². The Bertz CT molecular complexity index is 486. The molecule has 108 valence electrons. The quantitative estimate of drug-likeness (QED) is 0.591. The highest BCUT2D eigenvalue weighted by Crippen LogP contribution is 2.51. The van der Waals surface area contributed by atoms with Crippen LogP contribution in [0.15, 0.2) is 30.3 Å². The minimum Gasteiger partial charge on any atom is -0.465 e. The van der Waals surface area contributed by atoms with Gasteiger partial charge in [-0.05, 0) is 31.2 Å². The van der Waals surface area contributed by atoms with Crippen molar-refractivity contribution >= 4 is 11.8 Å². The molecule has 0 heterocycles. The molecule has 3 heteroatoms. The van der Waals surface area contributed by atoms with Crippen molar-refractivity contribution in [2.24, 2.45) is 11.8 Å². The molecule has 1 aromatic rings. The average molecular weight is 274 g/mol. The Morgan fingerprint density at radius 1 is 1.20 bits per heavy atom. The Hall–Kier alpha value is -1.64. The summed E-state index contributed by atoms with van der Waals surface area (Å²) >= 11 is 0. The zero-order valence-corrected chi connectivity index (χ0v) is 12.4. The fourth-order valence-electron chi connectivity index (χ4n) is 2.77. The van der Waals surface area contributed by atoms with Gasteiger partial charge in [0.25, 0.3) is 0 Å². The molecule has 0 saturated heterocycles. The van der Waals surface area contributed by atoms with Gasteiger partial charge >= 0.3 is 5.97 Å². The van der Waals surface area contributed by atoms with Crippen LogP contribution in [-0.2, 0) is 19.7 Å². The Morgan fingerprint density at radius 3 is 2.25 bits per heavy atom. The van der Waals surface area contributed by atoms with E-state index >= 15 is 0 Å². The van der Waals surface area contributed by atoms with E-state index < -0.39 is 11.3 Å². The molecule has 1 saturated carbocycles. The Labute approximate surface area is 120 Å². The summed E-state index contributed by atoms with van der Waals surface area (Å²) in [5, 5.41) is 0. The van der Waals surface area contributed by atoms with E-state index in [1.165, 1.54) is 0 Å². The van der Waals surface area contributed by atoms with Crippen LogP contribution < -0.4 is 0 Å². The molecule has 3 nitrogen and oxygen atoms in total. The standard InChI is InChI=1S/C17H22O3/c1-4-20-16(19)14(12(2)3)15(18)17(10-11-17)13-8-6-5-7-9-13/h5-9,12,14H,4,10-11H2,1-3H3. The first-order chi connectivity index (χ1) is 9.53. The summed E-state index contributed by atoms with van der Waals surface area (Å²) in [6.07, 6.45) is 1.66. The number of ether oxygens (including phenoxy) is 1. The molecule has 1 aromatic carbocycles. The highest BCUT2D eigenvalue weighted by atomic mass is 16.5. The number of Topliss-reactive ketones (excluding diaryl/α,β-unsaturated/α-hetero) is 1. The molecule has 0 spiro atoms. The molecule has 20 heavy (non-hydrogen) atoms. The van der Waals surface area contributed by atoms with Crippen LogP contribution in [0.5, 0.6) is 0 Å². The second kappa shape index (κ2) is 5.78. The maximum atomic E-state index is 12.9. The smallest absolute Gasteiger partial charge is 0.316 e. The summed E-state index contributed by atoms with van der Waals surface area (Å²) < 4.78 is 5.09. The molecule has 0 aromatic heterocycles. The van der Waals surface area contributed by atoms with E-state index in [4.69, 9.17) is 4.74 Å². The minimum atomic E-state index is -0.655. The van der Waals surface area contributed by atoms with Crippen LogP contribution in [0, 0.1) is 11.8 Å². The number of rotatable bonds is 6. The first-order valence-electron chi connectivity index (χ1n) is 7.29. The molecule has 0 amide bonds. The number of hydrogen-bond donors (Lipinski definition) is 0. The molecule has 2 rings (SSSR count). The number of hydrogen-bond acceptors (Lipinski definition) is 3. The largest absolute Gasteiger partial charge is 0.465 e. The molecular weight excluding hydrogens is 252 g/mol. The van der Waals surface area contributed by atoms with Crippen molar-refractivity contribution in [3.05, 3.63) is 35.9 Å². The fraction of sp³-hybridized carbons (Fsp3) is 0.529. The van der Waals surface area contributed by atoms with Crippen LogP contribution in [0.4, 0.5) is 0 Å².